The van der Waals surface area contributed by atoms with Crippen LogP contribution >= 0.6 is 11.3 Å². The summed E-state index contributed by atoms with van der Waals surface area (Å²) in [5.74, 6) is 0.358. The summed E-state index contributed by atoms with van der Waals surface area (Å²) in [5.41, 5.74) is 4.24. The molecule has 3 heterocycles. The van der Waals surface area contributed by atoms with Crippen molar-refractivity contribution in [2.75, 3.05) is 18.6 Å². The van der Waals surface area contributed by atoms with E-state index in [1.165, 1.54) is 28.5 Å². The van der Waals surface area contributed by atoms with Gasteiger partial charge >= 0.3 is 0 Å². The van der Waals surface area contributed by atoms with E-state index in [4.69, 9.17) is 4.74 Å². The normalized spacial score (nSPS) is 13.2. The number of thiophene rings is 1. The Kier molecular flexibility index (Phi) is 6.07. The molecule has 1 aliphatic heterocycles. The molecule has 5 nitrogen and oxygen atoms in total. The lowest BCUT2D eigenvalue weighted by Crippen LogP contribution is -2.31. The Balaban J connectivity index is 1.27. The van der Waals surface area contributed by atoms with Crippen LogP contribution in [0.2, 0.25) is 0 Å². The molecule has 0 spiro atoms. The molecule has 1 aliphatic rings. The first-order valence-electron chi connectivity index (χ1n) is 10.9. The van der Waals surface area contributed by atoms with E-state index >= 15 is 0 Å². The SMILES string of the molecule is COCc1c(C(=O)NCc2ccc(N3CCc4ccccc4C3)nc2)sc2cccc(F)c12. The van der Waals surface area contributed by atoms with E-state index < -0.39 is 0 Å². The maximum Gasteiger partial charge on any atom is 0.262 e. The molecule has 33 heavy (non-hydrogen) atoms. The third-order valence-electron chi connectivity index (χ3n) is 5.98. The lowest BCUT2D eigenvalue weighted by Gasteiger charge is -2.29. The molecule has 0 saturated carbocycles. The quantitative estimate of drug-likeness (QED) is 0.435. The smallest absolute Gasteiger partial charge is 0.262 e. The summed E-state index contributed by atoms with van der Waals surface area (Å²) in [6, 6.07) is 17.4. The highest BCUT2D eigenvalue weighted by atomic mass is 32.1. The molecule has 0 aliphatic carbocycles. The van der Waals surface area contributed by atoms with Gasteiger partial charge in [-0.2, -0.15) is 0 Å². The number of carbonyl (C=O) groups is 1. The number of pyridine rings is 1. The fourth-order valence-electron chi connectivity index (χ4n) is 4.30. The first-order valence-corrected chi connectivity index (χ1v) is 11.7. The highest BCUT2D eigenvalue weighted by molar-refractivity contribution is 7.21. The van der Waals surface area contributed by atoms with E-state index in [0.29, 0.717) is 22.4 Å². The summed E-state index contributed by atoms with van der Waals surface area (Å²) < 4.78 is 20.4. The number of hydrogen-bond donors (Lipinski definition) is 1. The van der Waals surface area contributed by atoms with Crippen molar-refractivity contribution in [2.24, 2.45) is 0 Å². The maximum atomic E-state index is 14.4. The minimum absolute atomic E-state index is 0.179. The molecule has 0 atom stereocenters. The lowest BCUT2D eigenvalue weighted by molar-refractivity contribution is 0.0950. The van der Waals surface area contributed by atoms with E-state index in [0.717, 1.165) is 35.6 Å². The summed E-state index contributed by atoms with van der Waals surface area (Å²) >= 11 is 1.28. The van der Waals surface area contributed by atoms with Gasteiger partial charge in [0.25, 0.3) is 5.91 Å². The molecule has 7 heteroatoms. The molecule has 4 aromatic rings. The van der Waals surface area contributed by atoms with Gasteiger partial charge < -0.3 is 15.0 Å². The van der Waals surface area contributed by atoms with Crippen molar-refractivity contribution in [1.82, 2.24) is 10.3 Å². The number of fused-ring (bicyclic) bond motifs is 2. The third-order valence-corrected chi connectivity index (χ3v) is 7.17. The van der Waals surface area contributed by atoms with Crippen LogP contribution in [0, 0.1) is 5.82 Å². The number of nitrogens with one attached hydrogen (secondary N) is 1. The van der Waals surface area contributed by atoms with Crippen molar-refractivity contribution in [3.05, 3.63) is 93.7 Å². The van der Waals surface area contributed by atoms with Crippen molar-refractivity contribution in [1.29, 1.82) is 0 Å². The Morgan fingerprint density at radius 3 is 2.79 bits per heavy atom. The first kappa shape index (κ1) is 21.6. The molecule has 0 unspecified atom stereocenters. The number of carbonyl (C=O) groups excluding carboxylic acids is 1. The molecule has 1 amide bonds. The van der Waals surface area contributed by atoms with Crippen LogP contribution in [0.3, 0.4) is 0 Å². The second kappa shape index (κ2) is 9.29. The average Bonchev–Trinajstić information content (AvgIpc) is 3.22. The number of anilines is 1. The number of aromatic nitrogens is 1. The number of methoxy groups -OCH3 is 1. The predicted molar refractivity (Wildman–Crippen MR) is 129 cm³/mol. The monoisotopic (exact) mass is 461 g/mol. The van der Waals surface area contributed by atoms with Crippen molar-refractivity contribution < 1.29 is 13.9 Å². The van der Waals surface area contributed by atoms with Crippen molar-refractivity contribution in [3.8, 4) is 0 Å². The summed E-state index contributed by atoms with van der Waals surface area (Å²) in [4.78, 5) is 20.3. The number of nitrogens with zero attached hydrogens (tertiary/aromatic N) is 2. The lowest BCUT2D eigenvalue weighted by atomic mass is 10.00. The third kappa shape index (κ3) is 4.34. The number of benzene rings is 2. The van der Waals surface area contributed by atoms with Gasteiger partial charge in [-0.15, -0.1) is 11.3 Å². The standard InChI is InChI=1S/C26H24FN3O2S/c1-32-16-20-24-21(27)7-4-8-22(24)33-25(20)26(31)29-14-17-9-10-23(28-13-17)30-12-11-18-5-2-3-6-19(18)15-30/h2-10,13H,11-12,14-16H2,1H3,(H,29,31). The number of amides is 1. The maximum absolute atomic E-state index is 14.4. The van der Waals surface area contributed by atoms with Crippen molar-refractivity contribution in [2.45, 2.75) is 26.1 Å². The van der Waals surface area contributed by atoms with Crippen LogP contribution < -0.4 is 10.2 Å². The van der Waals surface area contributed by atoms with E-state index in [9.17, 15) is 9.18 Å². The van der Waals surface area contributed by atoms with Crippen molar-refractivity contribution in [3.63, 3.8) is 0 Å². The number of hydrogen-bond acceptors (Lipinski definition) is 5. The fraction of sp³-hybridized carbons (Fsp3) is 0.231. The Hall–Kier alpha value is -3.29. The molecule has 168 valence electrons. The largest absolute Gasteiger partial charge is 0.380 e. The summed E-state index contributed by atoms with van der Waals surface area (Å²) in [6.07, 6.45) is 2.81. The summed E-state index contributed by atoms with van der Waals surface area (Å²) in [6.45, 7) is 2.31. The number of rotatable bonds is 6. The minimum Gasteiger partial charge on any atom is -0.380 e. The van der Waals surface area contributed by atoms with Crippen LogP contribution in [0.15, 0.2) is 60.8 Å². The van der Waals surface area contributed by atoms with Crippen LogP contribution in [-0.4, -0.2) is 24.5 Å². The molecule has 0 bridgehead atoms. The minimum atomic E-state index is -0.338. The molecule has 2 aromatic heterocycles. The topological polar surface area (TPSA) is 54.5 Å². The van der Waals surface area contributed by atoms with E-state index in [1.54, 1.807) is 19.4 Å². The molecule has 0 radical (unpaired) electrons. The van der Waals surface area contributed by atoms with E-state index in [2.05, 4.69) is 39.5 Å². The van der Waals surface area contributed by atoms with E-state index in [-0.39, 0.29) is 18.3 Å². The molecule has 2 aromatic carbocycles. The Bertz CT molecular complexity index is 1300. The molecule has 5 rings (SSSR count). The summed E-state index contributed by atoms with van der Waals surface area (Å²) in [5, 5.41) is 3.41. The molecular weight excluding hydrogens is 437 g/mol. The van der Waals surface area contributed by atoms with Gasteiger partial charge in [0, 0.05) is 48.6 Å². The fourth-order valence-corrected chi connectivity index (χ4v) is 5.43. The second-order valence-electron chi connectivity index (χ2n) is 8.10. The van der Waals surface area contributed by atoms with Gasteiger partial charge in [0.15, 0.2) is 0 Å². The van der Waals surface area contributed by atoms with Crippen LogP contribution in [-0.2, 0) is 30.9 Å². The highest BCUT2D eigenvalue weighted by Gasteiger charge is 2.21. The number of ether oxygens (including phenoxy) is 1. The zero-order chi connectivity index (χ0) is 22.8. The van der Waals surface area contributed by atoms with Gasteiger partial charge in [-0.05, 0) is 41.3 Å². The number of halogens is 1. The zero-order valence-electron chi connectivity index (χ0n) is 18.3. The first-order chi connectivity index (χ1) is 16.1. The van der Waals surface area contributed by atoms with Gasteiger partial charge in [-0.25, -0.2) is 9.37 Å². The van der Waals surface area contributed by atoms with E-state index in [1.807, 2.05) is 18.2 Å². The average molecular weight is 462 g/mol. The Morgan fingerprint density at radius 1 is 1.15 bits per heavy atom. The predicted octanol–water partition coefficient (Wildman–Crippen LogP) is 5.07. The van der Waals surface area contributed by atoms with Crippen LogP contribution in [0.25, 0.3) is 10.1 Å². The van der Waals surface area contributed by atoms with Crippen LogP contribution in [0.4, 0.5) is 10.2 Å². The van der Waals surface area contributed by atoms with Gasteiger partial charge in [0.1, 0.15) is 11.6 Å². The zero-order valence-corrected chi connectivity index (χ0v) is 19.1. The highest BCUT2D eigenvalue weighted by Crippen LogP contribution is 2.34. The van der Waals surface area contributed by atoms with Crippen LogP contribution in [0.1, 0.15) is 31.9 Å². The Labute approximate surface area is 195 Å². The van der Waals surface area contributed by atoms with Crippen LogP contribution in [0.5, 0.6) is 0 Å². The second-order valence-corrected chi connectivity index (χ2v) is 9.16. The van der Waals surface area contributed by atoms with Gasteiger partial charge in [0.2, 0.25) is 0 Å². The van der Waals surface area contributed by atoms with Gasteiger partial charge in [-0.1, -0.05) is 36.4 Å². The van der Waals surface area contributed by atoms with Crippen molar-refractivity contribution >= 4 is 33.1 Å². The Morgan fingerprint density at radius 2 is 2.00 bits per heavy atom. The summed E-state index contributed by atoms with van der Waals surface area (Å²) in [7, 11) is 1.54. The molecule has 0 fully saturated rings. The van der Waals surface area contributed by atoms with Gasteiger partial charge in [-0.3, -0.25) is 4.79 Å². The molecule has 0 saturated heterocycles. The van der Waals surface area contributed by atoms with Gasteiger partial charge in [0.05, 0.1) is 11.5 Å². The molecular formula is C26H24FN3O2S. The molecule has 1 N–H and O–H groups in total.